The average Bonchev–Trinajstić information content (AvgIpc) is 3.42. The van der Waals surface area contributed by atoms with E-state index < -0.39 is 8.32 Å². The van der Waals surface area contributed by atoms with Crippen molar-refractivity contribution in [3.8, 4) is 5.75 Å². The van der Waals surface area contributed by atoms with Gasteiger partial charge in [0.1, 0.15) is 11.5 Å². The van der Waals surface area contributed by atoms with E-state index in [0.717, 1.165) is 35.8 Å². The lowest BCUT2D eigenvalue weighted by Gasteiger charge is -2.38. The van der Waals surface area contributed by atoms with E-state index in [1.54, 1.807) is 23.3 Å². The smallest absolute Gasteiger partial charge is 0.230 e. The van der Waals surface area contributed by atoms with Gasteiger partial charge in [-0.1, -0.05) is 57.2 Å². The lowest BCUT2D eigenvalue weighted by Crippen LogP contribution is -2.45. The Morgan fingerprint density at radius 1 is 1.22 bits per heavy atom. The molecular weight excluding hydrogens is 468 g/mol. The maximum absolute atomic E-state index is 13.5. The Morgan fingerprint density at radius 3 is 2.69 bits per heavy atom. The topological polar surface area (TPSA) is 66.2 Å². The van der Waals surface area contributed by atoms with E-state index in [1.807, 2.05) is 43.4 Å². The highest BCUT2D eigenvalue weighted by molar-refractivity contribution is 6.74. The molecule has 2 atom stereocenters. The van der Waals surface area contributed by atoms with Crippen LogP contribution in [-0.4, -0.2) is 61.9 Å². The molecular formula is C29H40N2O4Si. The molecule has 1 fully saturated rings. The first kappa shape index (κ1) is 26.4. The Balaban J connectivity index is 1.49. The number of fused-ring (bicyclic) bond motifs is 1. The van der Waals surface area contributed by atoms with Crippen LogP contribution in [0, 0.1) is 0 Å². The van der Waals surface area contributed by atoms with E-state index in [0.29, 0.717) is 12.3 Å². The van der Waals surface area contributed by atoms with Crippen molar-refractivity contribution in [2.45, 2.75) is 63.9 Å². The summed E-state index contributed by atoms with van der Waals surface area (Å²) in [6, 6.07) is 14.9. The summed E-state index contributed by atoms with van der Waals surface area (Å²) >= 11 is 0. The number of rotatable bonds is 8. The van der Waals surface area contributed by atoms with Gasteiger partial charge in [0, 0.05) is 37.5 Å². The summed E-state index contributed by atoms with van der Waals surface area (Å²) in [5.74, 6) is 0.869. The van der Waals surface area contributed by atoms with Crippen LogP contribution in [-0.2, 0) is 15.6 Å². The molecule has 0 aliphatic carbocycles. The second-order valence-electron chi connectivity index (χ2n) is 11.6. The van der Waals surface area contributed by atoms with Crippen molar-refractivity contribution >= 4 is 25.0 Å². The Labute approximate surface area is 216 Å². The van der Waals surface area contributed by atoms with Gasteiger partial charge in [0.15, 0.2) is 8.32 Å². The van der Waals surface area contributed by atoms with E-state index in [9.17, 15) is 9.90 Å². The average molecular weight is 509 g/mol. The molecule has 4 rings (SSSR count). The van der Waals surface area contributed by atoms with Crippen molar-refractivity contribution in [2.75, 3.05) is 26.7 Å². The van der Waals surface area contributed by atoms with Gasteiger partial charge in [-0.2, -0.15) is 0 Å². The predicted molar refractivity (Wildman–Crippen MR) is 147 cm³/mol. The molecule has 1 aliphatic heterocycles. The van der Waals surface area contributed by atoms with Crippen molar-refractivity contribution in [1.82, 2.24) is 9.80 Å². The van der Waals surface area contributed by atoms with Gasteiger partial charge < -0.3 is 18.8 Å². The summed E-state index contributed by atoms with van der Waals surface area (Å²) in [6.07, 6.45) is 3.11. The quantitative estimate of drug-likeness (QED) is 0.379. The summed E-state index contributed by atoms with van der Waals surface area (Å²) in [6.45, 7) is 13.9. The maximum Gasteiger partial charge on any atom is 0.230 e. The van der Waals surface area contributed by atoms with Crippen molar-refractivity contribution in [3.05, 3.63) is 66.1 Å². The molecule has 1 saturated heterocycles. The number of likely N-dealkylation sites (N-methyl/N-ethyl adjacent to an activating group) is 1. The molecule has 1 amide bonds. The van der Waals surface area contributed by atoms with Gasteiger partial charge in [-0.25, -0.2) is 0 Å². The number of benzene rings is 2. The van der Waals surface area contributed by atoms with Crippen molar-refractivity contribution < 1.29 is 18.7 Å². The van der Waals surface area contributed by atoms with Crippen molar-refractivity contribution in [2.24, 2.45) is 0 Å². The molecule has 6 nitrogen and oxygen atoms in total. The van der Waals surface area contributed by atoms with E-state index in [2.05, 4.69) is 38.8 Å². The molecule has 2 unspecified atom stereocenters. The highest BCUT2D eigenvalue weighted by atomic mass is 28.4. The summed E-state index contributed by atoms with van der Waals surface area (Å²) in [7, 11) is 0.00466. The molecule has 1 aromatic heterocycles. The van der Waals surface area contributed by atoms with Crippen LogP contribution < -0.4 is 0 Å². The highest BCUT2D eigenvalue weighted by Gasteiger charge is 2.41. The van der Waals surface area contributed by atoms with Crippen molar-refractivity contribution in [3.63, 3.8) is 0 Å². The molecule has 0 saturated carbocycles. The van der Waals surface area contributed by atoms with Gasteiger partial charge in [-0.3, -0.25) is 9.69 Å². The zero-order valence-electron chi connectivity index (χ0n) is 22.5. The third-order valence-electron chi connectivity index (χ3n) is 7.94. The third-order valence-corrected chi connectivity index (χ3v) is 12.5. The first-order valence-electron chi connectivity index (χ1n) is 12.8. The number of phenols is 1. The Hall–Kier alpha value is -2.61. The number of carbonyl (C=O) groups excluding carboxylic acids is 1. The van der Waals surface area contributed by atoms with E-state index in [4.69, 9.17) is 8.84 Å². The third kappa shape index (κ3) is 5.85. The minimum atomic E-state index is -1.84. The second-order valence-corrected chi connectivity index (χ2v) is 16.3. The molecule has 2 aromatic carbocycles. The molecule has 3 aromatic rings. The number of carbonyl (C=O) groups is 1. The van der Waals surface area contributed by atoms with Gasteiger partial charge in [-0.15, -0.1) is 0 Å². The minimum Gasteiger partial charge on any atom is -0.508 e. The van der Waals surface area contributed by atoms with Crippen LogP contribution in [0.4, 0.5) is 0 Å². The van der Waals surface area contributed by atoms with Crippen LogP contribution in [0.25, 0.3) is 10.8 Å². The maximum atomic E-state index is 13.5. The monoisotopic (exact) mass is 508 g/mol. The predicted octanol–water partition coefficient (Wildman–Crippen LogP) is 5.98. The number of amides is 1. The van der Waals surface area contributed by atoms with E-state index >= 15 is 0 Å². The van der Waals surface area contributed by atoms with E-state index in [1.165, 1.54) is 0 Å². The summed E-state index contributed by atoms with van der Waals surface area (Å²) in [4.78, 5) is 17.6. The molecule has 1 aliphatic rings. The first-order valence-corrected chi connectivity index (χ1v) is 15.8. The molecule has 2 heterocycles. The molecule has 7 heteroatoms. The van der Waals surface area contributed by atoms with Crippen LogP contribution in [0.3, 0.4) is 0 Å². The van der Waals surface area contributed by atoms with Gasteiger partial charge in [-0.05, 0) is 42.2 Å². The summed E-state index contributed by atoms with van der Waals surface area (Å²) < 4.78 is 12.4. The number of nitrogens with zero attached hydrogens (tertiary/aromatic N) is 2. The van der Waals surface area contributed by atoms with Crippen LogP contribution in [0.5, 0.6) is 5.75 Å². The fourth-order valence-corrected chi connectivity index (χ4v) is 6.08. The van der Waals surface area contributed by atoms with Crippen molar-refractivity contribution in [1.29, 1.82) is 0 Å². The van der Waals surface area contributed by atoms with Crippen LogP contribution >= 0.6 is 0 Å². The normalized spacial score (nSPS) is 18.0. The molecule has 0 bridgehead atoms. The van der Waals surface area contributed by atoms with Gasteiger partial charge in [0.25, 0.3) is 0 Å². The zero-order valence-corrected chi connectivity index (χ0v) is 23.5. The van der Waals surface area contributed by atoms with E-state index in [-0.39, 0.29) is 35.3 Å². The summed E-state index contributed by atoms with van der Waals surface area (Å²) in [5, 5.41) is 12.3. The minimum absolute atomic E-state index is 0.0169. The lowest BCUT2D eigenvalue weighted by molar-refractivity contribution is -0.132. The summed E-state index contributed by atoms with van der Waals surface area (Å²) in [5.41, 5.74) is 0.920. The van der Waals surface area contributed by atoms with Crippen LogP contribution in [0.2, 0.25) is 18.1 Å². The van der Waals surface area contributed by atoms with Crippen LogP contribution in [0.1, 0.15) is 44.6 Å². The number of aromatic hydroxyl groups is 1. The SMILES string of the molecule is CN(C(=O)Cc1occ2ccccc12)C(CN1CCC(O[Si](C)(C)C(C)(C)C)C1)c1cccc(O)c1. The lowest BCUT2D eigenvalue weighted by atomic mass is 10.0. The van der Waals surface area contributed by atoms with Gasteiger partial charge >= 0.3 is 0 Å². The molecule has 0 spiro atoms. The Kier molecular flexibility index (Phi) is 7.64. The zero-order chi connectivity index (χ0) is 26.1. The van der Waals surface area contributed by atoms with Gasteiger partial charge in [0.05, 0.1) is 24.8 Å². The van der Waals surface area contributed by atoms with Gasteiger partial charge in [0.2, 0.25) is 5.91 Å². The fourth-order valence-electron chi connectivity index (χ4n) is 4.71. The highest BCUT2D eigenvalue weighted by Crippen LogP contribution is 2.38. The molecule has 194 valence electrons. The first-order chi connectivity index (χ1) is 16.9. The number of likely N-dealkylation sites (tertiary alicyclic amines) is 1. The number of hydrogen-bond donors (Lipinski definition) is 1. The molecule has 0 radical (unpaired) electrons. The number of furan rings is 1. The Morgan fingerprint density at radius 2 is 1.97 bits per heavy atom. The molecule has 1 N–H and O–H groups in total. The number of hydrogen-bond acceptors (Lipinski definition) is 5. The fraction of sp³-hybridized carbons (Fsp3) is 0.483. The standard InChI is InChI=1S/C29H40N2O4Si/c1-29(2,3)36(5,6)35-24-14-15-31(18-24)19-26(21-11-9-12-23(32)16-21)30(4)28(33)17-27-25-13-8-7-10-22(25)20-34-27/h7-13,16,20,24,26,32H,14-15,17-19H2,1-6H3. The largest absolute Gasteiger partial charge is 0.508 e. The second kappa shape index (κ2) is 10.4. The Bertz CT molecular complexity index is 1200. The molecule has 36 heavy (non-hydrogen) atoms. The number of phenolic OH excluding ortho intramolecular Hbond substituents is 1. The van der Waals surface area contributed by atoms with Crippen LogP contribution in [0.15, 0.2) is 59.2 Å².